The monoisotopic (exact) mass is 443 g/mol. The van der Waals surface area contributed by atoms with Crippen LogP contribution in [0, 0.1) is 11.7 Å². The largest absolute Gasteiger partial charge is 0.352 e. The van der Waals surface area contributed by atoms with Crippen LogP contribution in [0.25, 0.3) is 0 Å². The predicted molar refractivity (Wildman–Crippen MR) is 122 cm³/mol. The second-order valence-electron chi connectivity index (χ2n) is 8.76. The minimum atomic E-state index is -0.264. The molecule has 0 atom stereocenters. The van der Waals surface area contributed by atoms with Crippen molar-refractivity contribution in [3.8, 4) is 0 Å². The zero-order valence-corrected chi connectivity index (χ0v) is 18.7. The van der Waals surface area contributed by atoms with Crippen molar-refractivity contribution in [3.05, 3.63) is 70.0 Å². The second-order valence-corrected chi connectivity index (χ2v) is 9.19. The molecule has 0 aliphatic carbocycles. The number of piperidine rings is 1. The Morgan fingerprint density at radius 1 is 0.935 bits per heavy atom. The Kier molecular flexibility index (Phi) is 7.59. The summed E-state index contributed by atoms with van der Waals surface area (Å²) in [5.74, 6) is -0.106. The molecule has 2 aromatic rings. The highest BCUT2D eigenvalue weighted by atomic mass is 35.5. The van der Waals surface area contributed by atoms with Crippen LogP contribution in [0.5, 0.6) is 0 Å². The van der Waals surface area contributed by atoms with E-state index in [2.05, 4.69) is 33.3 Å². The zero-order chi connectivity index (χ0) is 21.6. The molecule has 0 radical (unpaired) electrons. The Labute approximate surface area is 189 Å². The molecule has 4 rings (SSSR count). The molecule has 2 aromatic carbocycles. The van der Waals surface area contributed by atoms with E-state index in [1.165, 1.54) is 43.1 Å². The number of carbonyl (C=O) groups is 1. The molecule has 2 aliphatic rings. The van der Waals surface area contributed by atoms with E-state index in [-0.39, 0.29) is 17.6 Å². The van der Waals surface area contributed by atoms with Crippen molar-refractivity contribution in [2.75, 3.05) is 26.2 Å². The molecule has 0 bridgehead atoms. The van der Waals surface area contributed by atoms with Crippen LogP contribution >= 0.6 is 11.6 Å². The fraction of sp³-hybridized carbons (Fsp3) is 0.480. The summed E-state index contributed by atoms with van der Waals surface area (Å²) in [5, 5.41) is 3.58. The van der Waals surface area contributed by atoms with Crippen molar-refractivity contribution in [1.29, 1.82) is 0 Å². The molecular weight excluding hydrogens is 413 g/mol. The SMILES string of the molecule is O=C(NCc1ccccc1CN1CCCC1)C1CCN(Cc2ccc(Cl)cc2F)CC1. The summed E-state index contributed by atoms with van der Waals surface area (Å²) in [6, 6.07) is 13.2. The van der Waals surface area contributed by atoms with Crippen molar-refractivity contribution in [2.45, 2.75) is 45.3 Å². The number of rotatable bonds is 7. The van der Waals surface area contributed by atoms with Crippen molar-refractivity contribution in [3.63, 3.8) is 0 Å². The third kappa shape index (κ3) is 6.06. The molecule has 2 fully saturated rings. The lowest BCUT2D eigenvalue weighted by molar-refractivity contribution is -0.126. The maximum Gasteiger partial charge on any atom is 0.223 e. The van der Waals surface area contributed by atoms with Gasteiger partial charge in [-0.2, -0.15) is 0 Å². The van der Waals surface area contributed by atoms with E-state index in [0.717, 1.165) is 32.5 Å². The van der Waals surface area contributed by atoms with Gasteiger partial charge in [0.2, 0.25) is 5.91 Å². The number of hydrogen-bond donors (Lipinski definition) is 1. The molecular formula is C25H31ClFN3O. The van der Waals surface area contributed by atoms with E-state index in [1.54, 1.807) is 12.1 Å². The summed E-state index contributed by atoms with van der Waals surface area (Å²) in [6.07, 6.45) is 4.16. The molecule has 4 nitrogen and oxygen atoms in total. The Balaban J connectivity index is 1.25. The first-order valence-electron chi connectivity index (χ1n) is 11.3. The minimum Gasteiger partial charge on any atom is -0.352 e. The highest BCUT2D eigenvalue weighted by molar-refractivity contribution is 6.30. The smallest absolute Gasteiger partial charge is 0.223 e. The highest BCUT2D eigenvalue weighted by Gasteiger charge is 2.25. The van der Waals surface area contributed by atoms with Crippen LogP contribution in [0.1, 0.15) is 42.4 Å². The molecule has 0 unspecified atom stereocenters. The van der Waals surface area contributed by atoms with Crippen molar-refractivity contribution < 1.29 is 9.18 Å². The lowest BCUT2D eigenvalue weighted by Crippen LogP contribution is -2.40. The Morgan fingerprint density at radius 2 is 1.58 bits per heavy atom. The highest BCUT2D eigenvalue weighted by Crippen LogP contribution is 2.22. The lowest BCUT2D eigenvalue weighted by Gasteiger charge is -2.31. The maximum absolute atomic E-state index is 14.1. The summed E-state index contributed by atoms with van der Waals surface area (Å²) in [5.41, 5.74) is 3.17. The van der Waals surface area contributed by atoms with Crippen LogP contribution in [0.3, 0.4) is 0 Å². The molecule has 0 saturated carbocycles. The fourth-order valence-corrected chi connectivity index (χ4v) is 4.80. The summed E-state index contributed by atoms with van der Waals surface area (Å²) in [7, 11) is 0. The molecule has 0 spiro atoms. The van der Waals surface area contributed by atoms with E-state index in [0.29, 0.717) is 23.7 Å². The number of nitrogens with one attached hydrogen (secondary N) is 1. The molecule has 0 aromatic heterocycles. The third-order valence-electron chi connectivity index (χ3n) is 6.53. The minimum absolute atomic E-state index is 0.0251. The van der Waals surface area contributed by atoms with Crippen LogP contribution < -0.4 is 5.32 Å². The first-order chi connectivity index (χ1) is 15.1. The summed E-state index contributed by atoms with van der Waals surface area (Å²) >= 11 is 5.84. The van der Waals surface area contributed by atoms with E-state index in [1.807, 2.05) is 6.07 Å². The first kappa shape index (κ1) is 22.3. The number of amides is 1. The molecule has 166 valence electrons. The van der Waals surface area contributed by atoms with Gasteiger partial charge in [-0.05, 0) is 75.1 Å². The van der Waals surface area contributed by atoms with Gasteiger partial charge in [0.05, 0.1) is 0 Å². The maximum atomic E-state index is 14.1. The predicted octanol–water partition coefficient (Wildman–Crippen LogP) is 4.60. The molecule has 2 saturated heterocycles. The quantitative estimate of drug-likeness (QED) is 0.679. The molecule has 1 N–H and O–H groups in total. The van der Waals surface area contributed by atoms with Gasteiger partial charge in [-0.15, -0.1) is 0 Å². The van der Waals surface area contributed by atoms with Gasteiger partial charge >= 0.3 is 0 Å². The van der Waals surface area contributed by atoms with Crippen LogP contribution in [0.4, 0.5) is 4.39 Å². The van der Waals surface area contributed by atoms with Crippen LogP contribution in [0.15, 0.2) is 42.5 Å². The lowest BCUT2D eigenvalue weighted by atomic mass is 9.95. The number of likely N-dealkylation sites (tertiary alicyclic amines) is 2. The topological polar surface area (TPSA) is 35.6 Å². The van der Waals surface area contributed by atoms with Crippen molar-refractivity contribution >= 4 is 17.5 Å². The van der Waals surface area contributed by atoms with Gasteiger partial charge in [-0.25, -0.2) is 4.39 Å². The standard InChI is InChI=1S/C25H31ClFN3O/c26-23-8-7-22(24(27)15-23)18-30-13-9-19(10-14-30)25(31)28-16-20-5-1-2-6-21(20)17-29-11-3-4-12-29/h1-2,5-8,15,19H,3-4,9-14,16-18H2,(H,28,31). The van der Waals surface area contributed by atoms with Gasteiger partial charge in [0.25, 0.3) is 0 Å². The van der Waals surface area contributed by atoms with Gasteiger partial charge in [-0.1, -0.05) is 41.9 Å². The number of carbonyl (C=O) groups excluding carboxylic acids is 1. The van der Waals surface area contributed by atoms with E-state index in [9.17, 15) is 9.18 Å². The second kappa shape index (κ2) is 10.6. The van der Waals surface area contributed by atoms with E-state index < -0.39 is 0 Å². The van der Waals surface area contributed by atoms with Crippen LogP contribution in [-0.2, 0) is 24.4 Å². The van der Waals surface area contributed by atoms with Crippen molar-refractivity contribution in [2.24, 2.45) is 5.92 Å². The number of nitrogens with zero attached hydrogens (tertiary/aromatic N) is 2. The zero-order valence-electron chi connectivity index (χ0n) is 18.0. The normalized spacial score (nSPS) is 18.4. The molecule has 2 heterocycles. The van der Waals surface area contributed by atoms with Gasteiger partial charge in [0.1, 0.15) is 5.82 Å². The van der Waals surface area contributed by atoms with E-state index >= 15 is 0 Å². The summed E-state index contributed by atoms with van der Waals surface area (Å²) in [6.45, 7) is 6.03. The molecule has 6 heteroatoms. The van der Waals surface area contributed by atoms with Gasteiger partial charge < -0.3 is 5.32 Å². The Bertz CT molecular complexity index is 892. The van der Waals surface area contributed by atoms with Crippen LogP contribution in [-0.4, -0.2) is 41.9 Å². The number of halogens is 2. The van der Waals surface area contributed by atoms with Gasteiger partial charge in [0, 0.05) is 36.1 Å². The average Bonchev–Trinajstić information content (AvgIpc) is 3.28. The van der Waals surface area contributed by atoms with Gasteiger partial charge in [-0.3, -0.25) is 14.6 Å². The van der Waals surface area contributed by atoms with Gasteiger partial charge in [0.15, 0.2) is 0 Å². The molecule has 31 heavy (non-hydrogen) atoms. The number of hydrogen-bond acceptors (Lipinski definition) is 3. The summed E-state index contributed by atoms with van der Waals surface area (Å²) in [4.78, 5) is 17.5. The molecule has 1 amide bonds. The number of benzene rings is 2. The molecule has 2 aliphatic heterocycles. The first-order valence-corrected chi connectivity index (χ1v) is 11.7. The van der Waals surface area contributed by atoms with Crippen LogP contribution in [0.2, 0.25) is 5.02 Å². The average molecular weight is 444 g/mol. The Hall–Kier alpha value is -1.95. The fourth-order valence-electron chi connectivity index (χ4n) is 4.64. The van der Waals surface area contributed by atoms with E-state index in [4.69, 9.17) is 11.6 Å². The summed E-state index contributed by atoms with van der Waals surface area (Å²) < 4.78 is 14.1. The van der Waals surface area contributed by atoms with Crippen molar-refractivity contribution in [1.82, 2.24) is 15.1 Å². The third-order valence-corrected chi connectivity index (χ3v) is 6.77. The Morgan fingerprint density at radius 3 is 2.29 bits per heavy atom.